The summed E-state index contributed by atoms with van der Waals surface area (Å²) < 4.78 is 5.73. The number of likely N-dealkylation sites (tertiary alicyclic amines) is 1. The van der Waals surface area contributed by atoms with Crippen molar-refractivity contribution in [1.82, 2.24) is 4.90 Å². The molecule has 0 radical (unpaired) electrons. The molecule has 1 heterocycles. The summed E-state index contributed by atoms with van der Waals surface area (Å²) in [6.07, 6.45) is 2.63. The third-order valence-electron chi connectivity index (χ3n) is 3.56. The number of nitrogens with two attached hydrogens (primary N) is 1. The van der Waals surface area contributed by atoms with Gasteiger partial charge in [0.2, 0.25) is 0 Å². The van der Waals surface area contributed by atoms with Crippen molar-refractivity contribution in [2.24, 2.45) is 5.73 Å². The Morgan fingerprint density at radius 3 is 2.40 bits per heavy atom. The summed E-state index contributed by atoms with van der Waals surface area (Å²) in [6.45, 7) is 5.53. The molecule has 20 heavy (non-hydrogen) atoms. The van der Waals surface area contributed by atoms with Gasteiger partial charge in [0.25, 0.3) is 5.91 Å². The second kappa shape index (κ2) is 6.75. The fourth-order valence-corrected chi connectivity index (χ4v) is 2.53. The molecule has 110 valence electrons. The first-order valence-electron chi connectivity index (χ1n) is 7.36. The first kappa shape index (κ1) is 14.9. The molecule has 0 aliphatic carbocycles. The van der Waals surface area contributed by atoms with Crippen molar-refractivity contribution in [2.75, 3.05) is 13.1 Å². The molecule has 0 saturated carbocycles. The highest BCUT2D eigenvalue weighted by Gasteiger charge is 2.24. The van der Waals surface area contributed by atoms with Crippen LogP contribution in [0.25, 0.3) is 0 Å². The number of carbonyl (C=O) groups is 1. The van der Waals surface area contributed by atoms with Crippen molar-refractivity contribution in [3.63, 3.8) is 0 Å². The number of hydrogen-bond acceptors (Lipinski definition) is 3. The Balaban J connectivity index is 1.90. The van der Waals surface area contributed by atoms with Crippen molar-refractivity contribution in [3.05, 3.63) is 29.8 Å². The molecule has 2 rings (SSSR count). The number of nitrogens with zero attached hydrogens (tertiary/aromatic N) is 1. The average Bonchev–Trinajstić information content (AvgIpc) is 2.93. The van der Waals surface area contributed by atoms with Crippen LogP contribution in [-0.2, 0) is 11.2 Å². The van der Waals surface area contributed by atoms with Crippen molar-refractivity contribution in [1.29, 1.82) is 0 Å². The highest BCUT2D eigenvalue weighted by atomic mass is 16.5. The van der Waals surface area contributed by atoms with Gasteiger partial charge >= 0.3 is 0 Å². The van der Waals surface area contributed by atoms with Crippen LogP contribution in [0.5, 0.6) is 5.75 Å². The lowest BCUT2D eigenvalue weighted by Crippen LogP contribution is -2.38. The van der Waals surface area contributed by atoms with Gasteiger partial charge < -0.3 is 15.4 Å². The predicted octanol–water partition coefficient (Wildman–Crippen LogP) is 1.97. The van der Waals surface area contributed by atoms with Gasteiger partial charge in [0.05, 0.1) is 0 Å². The van der Waals surface area contributed by atoms with Crippen LogP contribution in [0.4, 0.5) is 0 Å². The largest absolute Gasteiger partial charge is 0.481 e. The van der Waals surface area contributed by atoms with E-state index in [1.165, 1.54) is 5.56 Å². The van der Waals surface area contributed by atoms with Gasteiger partial charge in [-0.2, -0.15) is 0 Å². The van der Waals surface area contributed by atoms with E-state index in [4.69, 9.17) is 10.5 Å². The van der Waals surface area contributed by atoms with E-state index in [-0.39, 0.29) is 11.9 Å². The van der Waals surface area contributed by atoms with Crippen molar-refractivity contribution in [2.45, 2.75) is 45.3 Å². The molecule has 1 aliphatic heterocycles. The van der Waals surface area contributed by atoms with Gasteiger partial charge in [-0.25, -0.2) is 0 Å². The summed E-state index contributed by atoms with van der Waals surface area (Å²) in [5.74, 6) is 0.820. The van der Waals surface area contributed by atoms with Crippen LogP contribution in [0.3, 0.4) is 0 Å². The van der Waals surface area contributed by atoms with Gasteiger partial charge in [0.15, 0.2) is 6.10 Å². The molecule has 0 aromatic heterocycles. The maximum atomic E-state index is 12.1. The molecule has 1 aliphatic rings. The SMILES string of the molecule is CC(N)Cc1ccc(OC(C)C(=O)N2CCCC2)cc1. The number of benzene rings is 1. The lowest BCUT2D eigenvalue weighted by atomic mass is 10.1. The fraction of sp³-hybridized carbons (Fsp3) is 0.562. The lowest BCUT2D eigenvalue weighted by molar-refractivity contribution is -0.136. The molecule has 1 saturated heterocycles. The summed E-state index contributed by atoms with van der Waals surface area (Å²) in [6, 6.07) is 7.98. The number of hydrogen-bond donors (Lipinski definition) is 1. The van der Waals surface area contributed by atoms with E-state index in [1.54, 1.807) is 0 Å². The van der Waals surface area contributed by atoms with Crippen LogP contribution in [-0.4, -0.2) is 36.0 Å². The molecule has 1 aromatic rings. The molecule has 1 aromatic carbocycles. The van der Waals surface area contributed by atoms with Gasteiger partial charge in [0.1, 0.15) is 5.75 Å². The maximum absolute atomic E-state index is 12.1. The Kier molecular flexibility index (Phi) is 5.01. The normalized spacial score (nSPS) is 17.9. The van der Waals surface area contributed by atoms with Crippen molar-refractivity contribution in [3.8, 4) is 5.75 Å². The van der Waals surface area contributed by atoms with Crippen molar-refractivity contribution < 1.29 is 9.53 Å². The van der Waals surface area contributed by atoms with E-state index in [0.717, 1.165) is 38.1 Å². The highest BCUT2D eigenvalue weighted by Crippen LogP contribution is 2.17. The highest BCUT2D eigenvalue weighted by molar-refractivity contribution is 5.81. The van der Waals surface area contributed by atoms with E-state index >= 15 is 0 Å². The monoisotopic (exact) mass is 276 g/mol. The first-order chi connectivity index (χ1) is 9.56. The zero-order chi connectivity index (χ0) is 14.5. The Morgan fingerprint density at radius 2 is 1.85 bits per heavy atom. The van der Waals surface area contributed by atoms with Crippen molar-refractivity contribution >= 4 is 5.91 Å². The molecule has 0 spiro atoms. The van der Waals surface area contributed by atoms with Crippen LogP contribution in [0, 0.1) is 0 Å². The molecule has 2 atom stereocenters. The van der Waals surface area contributed by atoms with E-state index in [1.807, 2.05) is 43.0 Å². The average molecular weight is 276 g/mol. The molecular formula is C16H24N2O2. The van der Waals surface area contributed by atoms with E-state index in [9.17, 15) is 4.79 Å². The van der Waals surface area contributed by atoms with Crippen LogP contribution >= 0.6 is 0 Å². The molecule has 4 heteroatoms. The number of carbonyl (C=O) groups excluding carboxylic acids is 1. The third-order valence-corrected chi connectivity index (χ3v) is 3.56. The van der Waals surface area contributed by atoms with Gasteiger partial charge in [-0.1, -0.05) is 12.1 Å². The van der Waals surface area contributed by atoms with Gasteiger partial charge in [-0.3, -0.25) is 4.79 Å². The summed E-state index contributed by atoms with van der Waals surface area (Å²) in [5, 5.41) is 0. The van der Waals surface area contributed by atoms with Crippen LogP contribution < -0.4 is 10.5 Å². The number of ether oxygens (including phenoxy) is 1. The summed E-state index contributed by atoms with van der Waals surface area (Å²) >= 11 is 0. The maximum Gasteiger partial charge on any atom is 0.263 e. The first-order valence-corrected chi connectivity index (χ1v) is 7.36. The van der Waals surface area contributed by atoms with Gasteiger partial charge in [-0.05, 0) is 50.8 Å². The number of amides is 1. The fourth-order valence-electron chi connectivity index (χ4n) is 2.53. The second-order valence-corrected chi connectivity index (χ2v) is 5.62. The molecule has 2 unspecified atom stereocenters. The van der Waals surface area contributed by atoms with E-state index in [0.29, 0.717) is 0 Å². The molecule has 1 amide bonds. The lowest BCUT2D eigenvalue weighted by Gasteiger charge is -2.21. The van der Waals surface area contributed by atoms with E-state index < -0.39 is 6.10 Å². The van der Waals surface area contributed by atoms with Crippen LogP contribution in [0.2, 0.25) is 0 Å². The summed E-state index contributed by atoms with van der Waals surface area (Å²) in [4.78, 5) is 14.0. The van der Waals surface area contributed by atoms with Crippen LogP contribution in [0.15, 0.2) is 24.3 Å². The zero-order valence-corrected chi connectivity index (χ0v) is 12.3. The molecule has 0 bridgehead atoms. The summed E-state index contributed by atoms with van der Waals surface area (Å²) in [5.41, 5.74) is 6.96. The predicted molar refractivity (Wildman–Crippen MR) is 79.7 cm³/mol. The van der Waals surface area contributed by atoms with Gasteiger partial charge in [-0.15, -0.1) is 0 Å². The Morgan fingerprint density at radius 1 is 1.25 bits per heavy atom. The smallest absolute Gasteiger partial charge is 0.263 e. The molecule has 4 nitrogen and oxygen atoms in total. The number of rotatable bonds is 5. The molecule has 2 N–H and O–H groups in total. The minimum atomic E-state index is -0.424. The third kappa shape index (κ3) is 3.97. The topological polar surface area (TPSA) is 55.6 Å². The van der Waals surface area contributed by atoms with E-state index in [2.05, 4.69) is 0 Å². The second-order valence-electron chi connectivity index (χ2n) is 5.62. The minimum Gasteiger partial charge on any atom is -0.481 e. The Labute approximate surface area is 120 Å². The Bertz CT molecular complexity index is 436. The van der Waals surface area contributed by atoms with Gasteiger partial charge in [0, 0.05) is 19.1 Å². The molecular weight excluding hydrogens is 252 g/mol. The minimum absolute atomic E-state index is 0.0853. The Hall–Kier alpha value is -1.55. The quantitative estimate of drug-likeness (QED) is 0.894. The van der Waals surface area contributed by atoms with Crippen LogP contribution in [0.1, 0.15) is 32.3 Å². The zero-order valence-electron chi connectivity index (χ0n) is 12.3. The molecule has 1 fully saturated rings. The standard InChI is InChI=1S/C16H24N2O2/c1-12(17)11-14-5-7-15(8-6-14)20-13(2)16(19)18-9-3-4-10-18/h5-8,12-13H,3-4,9-11,17H2,1-2H3. The summed E-state index contributed by atoms with van der Waals surface area (Å²) in [7, 11) is 0.